The van der Waals surface area contributed by atoms with Crippen LogP contribution in [0, 0.1) is 23.5 Å². The zero-order chi connectivity index (χ0) is 17.6. The highest BCUT2D eigenvalue weighted by Gasteiger charge is 2.51. The molecule has 132 valence electrons. The van der Waals surface area contributed by atoms with Gasteiger partial charge >= 0.3 is 12.1 Å². The van der Waals surface area contributed by atoms with Crippen molar-refractivity contribution in [1.29, 1.82) is 0 Å². The van der Waals surface area contributed by atoms with Gasteiger partial charge in [-0.3, -0.25) is 4.79 Å². The third kappa shape index (κ3) is 3.18. The van der Waals surface area contributed by atoms with Crippen molar-refractivity contribution in [3.63, 3.8) is 0 Å². The van der Waals surface area contributed by atoms with Gasteiger partial charge in [0.1, 0.15) is 0 Å². The topological polar surface area (TPSA) is 46.5 Å². The highest BCUT2D eigenvalue weighted by molar-refractivity contribution is 5.72. The average molecular weight is 350 g/mol. The zero-order valence-corrected chi connectivity index (χ0v) is 12.4. The van der Waals surface area contributed by atoms with Gasteiger partial charge in [-0.25, -0.2) is 4.39 Å². The summed E-state index contributed by atoms with van der Waals surface area (Å²) in [5.74, 6) is -8.46. The van der Waals surface area contributed by atoms with Crippen LogP contribution in [0.5, 0.6) is 5.75 Å². The summed E-state index contributed by atoms with van der Waals surface area (Å²) in [6, 6.07) is 1.93. The smallest absolute Gasteiger partial charge is 0.391 e. The molecule has 8 heteroatoms. The maximum atomic E-state index is 14.1. The maximum absolute atomic E-state index is 14.1. The molecule has 1 N–H and O–H groups in total. The zero-order valence-electron chi connectivity index (χ0n) is 12.4. The van der Waals surface area contributed by atoms with Crippen LogP contribution in [0.3, 0.4) is 0 Å². The van der Waals surface area contributed by atoms with Gasteiger partial charge in [0.2, 0.25) is 5.82 Å². The Kier molecular flexibility index (Phi) is 4.17. The summed E-state index contributed by atoms with van der Waals surface area (Å²) < 4.78 is 71.9. The average Bonchev–Trinajstić information content (AvgIpc) is 3.17. The molecule has 0 unspecified atom stereocenters. The fraction of sp³-hybridized carbons (Fsp3) is 0.562. The fourth-order valence-corrected chi connectivity index (χ4v) is 3.23. The maximum Gasteiger partial charge on any atom is 0.391 e. The van der Waals surface area contributed by atoms with E-state index in [1.54, 1.807) is 0 Å². The van der Waals surface area contributed by atoms with Crippen LogP contribution in [0.2, 0.25) is 0 Å². The molecule has 2 fully saturated rings. The van der Waals surface area contributed by atoms with E-state index >= 15 is 0 Å². The Morgan fingerprint density at radius 3 is 2.38 bits per heavy atom. The minimum Gasteiger partial charge on any atom is -0.487 e. The van der Waals surface area contributed by atoms with E-state index in [0.29, 0.717) is 12.8 Å². The number of rotatable bonds is 4. The molecule has 0 radical (unpaired) electrons. The first-order chi connectivity index (χ1) is 11.2. The lowest BCUT2D eigenvalue weighted by atomic mass is 9.88. The molecule has 1 aromatic carbocycles. The van der Waals surface area contributed by atoms with Crippen molar-refractivity contribution < 1.29 is 36.6 Å². The van der Waals surface area contributed by atoms with Gasteiger partial charge in [0, 0.05) is 11.5 Å². The monoisotopic (exact) mass is 350 g/mol. The Balaban J connectivity index is 1.99. The Morgan fingerprint density at radius 1 is 1.17 bits per heavy atom. The first-order valence-electron chi connectivity index (χ1n) is 7.62. The van der Waals surface area contributed by atoms with Crippen molar-refractivity contribution in [2.24, 2.45) is 11.8 Å². The van der Waals surface area contributed by atoms with Crippen molar-refractivity contribution in [1.82, 2.24) is 0 Å². The molecule has 2 aliphatic rings. The van der Waals surface area contributed by atoms with E-state index in [-0.39, 0.29) is 11.7 Å². The SMILES string of the molecule is O=C(O)[C@@H]1C[C@@H](C(F)(F)F)C[C@H]1c1ccc(F)c(F)c1OC1CC1. The van der Waals surface area contributed by atoms with Gasteiger partial charge in [-0.15, -0.1) is 0 Å². The number of carbonyl (C=O) groups is 1. The second-order valence-electron chi connectivity index (χ2n) is 6.36. The predicted molar refractivity (Wildman–Crippen MR) is 72.7 cm³/mol. The number of aliphatic carboxylic acids is 1. The number of ether oxygens (including phenoxy) is 1. The molecule has 0 aromatic heterocycles. The lowest BCUT2D eigenvalue weighted by molar-refractivity contribution is -0.174. The van der Waals surface area contributed by atoms with E-state index < -0.39 is 60.1 Å². The Bertz CT molecular complexity index is 654. The number of benzene rings is 1. The number of halogens is 5. The van der Waals surface area contributed by atoms with Gasteiger partial charge in [-0.2, -0.15) is 17.6 Å². The van der Waals surface area contributed by atoms with Crippen molar-refractivity contribution in [3.8, 4) is 5.75 Å². The molecule has 0 saturated heterocycles. The summed E-state index contributed by atoms with van der Waals surface area (Å²) in [5, 5.41) is 9.26. The van der Waals surface area contributed by atoms with Gasteiger partial charge in [0.25, 0.3) is 0 Å². The van der Waals surface area contributed by atoms with Crippen LogP contribution < -0.4 is 4.74 Å². The van der Waals surface area contributed by atoms with Crippen LogP contribution >= 0.6 is 0 Å². The van der Waals surface area contributed by atoms with E-state index in [4.69, 9.17) is 4.74 Å². The van der Waals surface area contributed by atoms with Gasteiger partial charge in [0.05, 0.1) is 17.9 Å². The van der Waals surface area contributed by atoms with Crippen LogP contribution in [0.15, 0.2) is 12.1 Å². The minimum atomic E-state index is -4.53. The molecule has 0 aliphatic heterocycles. The van der Waals surface area contributed by atoms with Gasteiger partial charge in [-0.1, -0.05) is 6.07 Å². The van der Waals surface area contributed by atoms with E-state index in [1.807, 2.05) is 0 Å². The molecule has 0 spiro atoms. The molecule has 2 aliphatic carbocycles. The molecule has 3 atom stereocenters. The Morgan fingerprint density at radius 2 is 1.83 bits per heavy atom. The third-order valence-electron chi connectivity index (χ3n) is 4.63. The molecular weight excluding hydrogens is 335 g/mol. The van der Waals surface area contributed by atoms with Crippen LogP contribution in [-0.4, -0.2) is 23.4 Å². The van der Waals surface area contributed by atoms with E-state index in [2.05, 4.69) is 0 Å². The van der Waals surface area contributed by atoms with Crippen LogP contribution in [0.1, 0.15) is 37.2 Å². The molecule has 1 aromatic rings. The summed E-state index contributed by atoms with van der Waals surface area (Å²) in [5.41, 5.74) is -0.0000463. The van der Waals surface area contributed by atoms with E-state index in [9.17, 15) is 31.9 Å². The summed E-state index contributed by atoms with van der Waals surface area (Å²) in [6.07, 6.45) is -4.60. The molecule has 24 heavy (non-hydrogen) atoms. The second kappa shape index (κ2) is 5.89. The molecular formula is C16H15F5O3. The lowest BCUT2D eigenvalue weighted by Crippen LogP contribution is -2.21. The first-order valence-corrected chi connectivity index (χ1v) is 7.62. The summed E-state index contributed by atoms with van der Waals surface area (Å²) in [6.45, 7) is 0. The summed E-state index contributed by atoms with van der Waals surface area (Å²) in [7, 11) is 0. The van der Waals surface area contributed by atoms with Crippen molar-refractivity contribution in [3.05, 3.63) is 29.3 Å². The number of hydrogen-bond acceptors (Lipinski definition) is 2. The molecule has 0 bridgehead atoms. The van der Waals surface area contributed by atoms with Crippen molar-refractivity contribution in [2.45, 2.75) is 43.9 Å². The number of carboxylic acids is 1. The molecule has 3 nitrogen and oxygen atoms in total. The summed E-state index contributed by atoms with van der Waals surface area (Å²) >= 11 is 0. The normalized spacial score (nSPS) is 27.3. The largest absolute Gasteiger partial charge is 0.487 e. The highest BCUT2D eigenvalue weighted by Crippen LogP contribution is 2.52. The van der Waals surface area contributed by atoms with Crippen LogP contribution in [0.25, 0.3) is 0 Å². The number of carboxylic acid groups (broad SMARTS) is 1. The van der Waals surface area contributed by atoms with Crippen LogP contribution in [0.4, 0.5) is 22.0 Å². The van der Waals surface area contributed by atoms with Crippen molar-refractivity contribution in [2.75, 3.05) is 0 Å². The third-order valence-corrected chi connectivity index (χ3v) is 4.63. The predicted octanol–water partition coefficient (Wildman–Crippen LogP) is 4.26. The fourth-order valence-electron chi connectivity index (χ4n) is 3.23. The molecule has 0 amide bonds. The highest BCUT2D eigenvalue weighted by atomic mass is 19.4. The number of hydrogen-bond donors (Lipinski definition) is 1. The molecule has 0 heterocycles. The Labute approximate surface area is 134 Å². The molecule has 2 saturated carbocycles. The van der Waals surface area contributed by atoms with Gasteiger partial charge in [0.15, 0.2) is 11.6 Å². The lowest BCUT2D eigenvalue weighted by Gasteiger charge is -2.20. The second-order valence-corrected chi connectivity index (χ2v) is 6.36. The Hall–Kier alpha value is -1.86. The van der Waals surface area contributed by atoms with E-state index in [0.717, 1.165) is 12.1 Å². The van der Waals surface area contributed by atoms with Gasteiger partial charge < -0.3 is 9.84 Å². The first kappa shape index (κ1) is 17.0. The summed E-state index contributed by atoms with van der Waals surface area (Å²) in [4.78, 5) is 11.4. The van der Waals surface area contributed by atoms with Crippen molar-refractivity contribution >= 4 is 5.97 Å². The number of alkyl halides is 3. The standard InChI is InChI=1S/C16H15F5O3/c17-12-4-3-9(14(13(12)18)24-8-1-2-8)10-5-7(16(19,20)21)6-11(10)15(22)23/h3-4,7-8,10-11H,1-2,5-6H2,(H,22,23)/t7-,10-,11+/m0/s1. The van der Waals surface area contributed by atoms with Gasteiger partial charge in [-0.05, 0) is 31.7 Å². The quantitative estimate of drug-likeness (QED) is 0.826. The van der Waals surface area contributed by atoms with E-state index in [1.165, 1.54) is 0 Å². The molecule has 3 rings (SSSR count). The van der Waals surface area contributed by atoms with Crippen LogP contribution in [-0.2, 0) is 4.79 Å². The minimum absolute atomic E-state index is 0.0000463.